The van der Waals surface area contributed by atoms with Crippen LogP contribution >= 0.6 is 0 Å². The molecule has 1 aromatic rings. The molecule has 4 nitrogen and oxygen atoms in total. The molecule has 0 aromatic heterocycles. The number of halogens is 3. The Hall–Kier alpha value is -2.31. The minimum absolute atomic E-state index is 0.410. The number of benzene rings is 1. The SMILES string of the molecule is O=C([O-])/C=C\C(=O)Nc1ccc(F)c(F)c1F. The van der Waals surface area contributed by atoms with E-state index in [-0.39, 0.29) is 0 Å². The van der Waals surface area contributed by atoms with Gasteiger partial charge in [-0.25, -0.2) is 13.2 Å². The molecule has 0 atom stereocenters. The van der Waals surface area contributed by atoms with Gasteiger partial charge in [0.1, 0.15) is 0 Å². The van der Waals surface area contributed by atoms with Crippen LogP contribution in [-0.2, 0) is 9.59 Å². The first-order valence-electron chi connectivity index (χ1n) is 4.25. The van der Waals surface area contributed by atoms with Crippen molar-refractivity contribution in [2.24, 2.45) is 0 Å². The average Bonchev–Trinajstić information content (AvgIpc) is 2.27. The van der Waals surface area contributed by atoms with Crippen molar-refractivity contribution < 1.29 is 27.9 Å². The monoisotopic (exact) mass is 244 g/mol. The summed E-state index contributed by atoms with van der Waals surface area (Å²) >= 11 is 0. The van der Waals surface area contributed by atoms with E-state index in [1.165, 1.54) is 0 Å². The molecule has 1 aromatic carbocycles. The third kappa shape index (κ3) is 3.33. The fourth-order valence-electron chi connectivity index (χ4n) is 0.941. The Morgan fingerprint density at radius 2 is 1.76 bits per heavy atom. The fraction of sp³-hybridized carbons (Fsp3) is 0. The summed E-state index contributed by atoms with van der Waals surface area (Å²) in [7, 11) is 0. The normalized spacial score (nSPS) is 10.5. The smallest absolute Gasteiger partial charge is 0.248 e. The first-order valence-corrected chi connectivity index (χ1v) is 4.25. The minimum Gasteiger partial charge on any atom is -0.545 e. The van der Waals surface area contributed by atoms with Gasteiger partial charge in [0.25, 0.3) is 0 Å². The highest BCUT2D eigenvalue weighted by atomic mass is 19.2. The maximum Gasteiger partial charge on any atom is 0.248 e. The van der Waals surface area contributed by atoms with Crippen LogP contribution < -0.4 is 10.4 Å². The molecule has 1 rings (SSSR count). The van der Waals surface area contributed by atoms with Crippen LogP contribution in [0, 0.1) is 17.5 Å². The van der Waals surface area contributed by atoms with Gasteiger partial charge in [0.05, 0.1) is 11.7 Å². The summed E-state index contributed by atoms with van der Waals surface area (Å²) < 4.78 is 38.3. The van der Waals surface area contributed by atoms with Crippen molar-refractivity contribution in [1.82, 2.24) is 0 Å². The molecule has 0 fully saturated rings. The standard InChI is InChI=1S/C10H6F3NO3/c11-5-1-2-6(10(13)9(5)12)14-7(15)3-4-8(16)17/h1-4H,(H,14,15)(H,16,17)/p-1/b4-3-. The number of carboxylic acids is 1. The molecule has 0 saturated heterocycles. The first-order chi connectivity index (χ1) is 7.91. The minimum atomic E-state index is -1.73. The van der Waals surface area contributed by atoms with E-state index in [1.807, 2.05) is 5.32 Å². The number of carbonyl (C=O) groups is 2. The number of hydrogen-bond donors (Lipinski definition) is 1. The van der Waals surface area contributed by atoms with E-state index in [0.29, 0.717) is 18.2 Å². The lowest BCUT2D eigenvalue weighted by Crippen LogP contribution is -2.20. The number of carboxylic acid groups (broad SMARTS) is 1. The summed E-state index contributed by atoms with van der Waals surface area (Å²) in [6, 6.07) is 1.43. The van der Waals surface area contributed by atoms with Crippen LogP contribution in [0.15, 0.2) is 24.3 Å². The van der Waals surface area contributed by atoms with Gasteiger partial charge in [0.2, 0.25) is 5.91 Å². The number of nitrogens with one attached hydrogen (secondary N) is 1. The van der Waals surface area contributed by atoms with Gasteiger partial charge < -0.3 is 15.2 Å². The van der Waals surface area contributed by atoms with Crippen molar-refractivity contribution >= 4 is 17.6 Å². The van der Waals surface area contributed by atoms with Gasteiger partial charge in [-0.15, -0.1) is 0 Å². The molecule has 90 valence electrons. The Kier molecular flexibility index (Phi) is 3.86. The quantitative estimate of drug-likeness (QED) is 0.616. The van der Waals surface area contributed by atoms with Crippen LogP contribution in [-0.4, -0.2) is 11.9 Å². The zero-order valence-electron chi connectivity index (χ0n) is 8.17. The molecule has 0 aliphatic rings. The van der Waals surface area contributed by atoms with Gasteiger partial charge in [0.15, 0.2) is 17.5 Å². The molecule has 0 aliphatic carbocycles. The Morgan fingerprint density at radius 1 is 1.12 bits per heavy atom. The maximum absolute atomic E-state index is 13.0. The van der Waals surface area contributed by atoms with Crippen molar-refractivity contribution in [3.63, 3.8) is 0 Å². The van der Waals surface area contributed by atoms with Gasteiger partial charge in [0, 0.05) is 6.08 Å². The second kappa shape index (κ2) is 5.15. The fourth-order valence-corrected chi connectivity index (χ4v) is 0.941. The van der Waals surface area contributed by atoms with E-state index in [9.17, 15) is 27.9 Å². The van der Waals surface area contributed by atoms with Crippen LogP contribution in [0.3, 0.4) is 0 Å². The second-order valence-electron chi connectivity index (χ2n) is 2.86. The molecular weight excluding hydrogens is 239 g/mol. The van der Waals surface area contributed by atoms with Crippen LogP contribution in [0.25, 0.3) is 0 Å². The topological polar surface area (TPSA) is 69.2 Å². The number of amides is 1. The Bertz CT molecular complexity index is 500. The summed E-state index contributed by atoms with van der Waals surface area (Å²) in [5.74, 6) is -7.33. The Labute approximate surface area is 93.4 Å². The number of anilines is 1. The number of hydrogen-bond acceptors (Lipinski definition) is 3. The summed E-state index contributed by atoms with van der Waals surface area (Å²) in [5, 5.41) is 11.8. The van der Waals surface area contributed by atoms with E-state index < -0.39 is 35.0 Å². The second-order valence-corrected chi connectivity index (χ2v) is 2.86. The largest absolute Gasteiger partial charge is 0.545 e. The molecule has 0 saturated carbocycles. The summed E-state index contributed by atoms with van der Waals surface area (Å²) in [5.41, 5.74) is -0.600. The van der Waals surface area contributed by atoms with Gasteiger partial charge in [-0.3, -0.25) is 4.79 Å². The highest BCUT2D eigenvalue weighted by Crippen LogP contribution is 2.19. The van der Waals surface area contributed by atoms with E-state index in [4.69, 9.17) is 0 Å². The molecule has 0 aliphatic heterocycles. The summed E-state index contributed by atoms with van der Waals surface area (Å²) in [6.07, 6.45) is 0.961. The van der Waals surface area contributed by atoms with Crippen LogP contribution in [0.2, 0.25) is 0 Å². The summed E-state index contributed by atoms with van der Waals surface area (Å²) in [4.78, 5) is 21.0. The van der Waals surface area contributed by atoms with Crippen molar-refractivity contribution in [2.45, 2.75) is 0 Å². The molecule has 1 amide bonds. The van der Waals surface area contributed by atoms with E-state index >= 15 is 0 Å². The predicted octanol–water partition coefficient (Wildman–Crippen LogP) is 0.348. The molecule has 0 heterocycles. The molecule has 0 spiro atoms. The third-order valence-corrected chi connectivity index (χ3v) is 1.66. The highest BCUT2D eigenvalue weighted by Gasteiger charge is 2.14. The van der Waals surface area contributed by atoms with Crippen molar-refractivity contribution in [2.75, 3.05) is 5.32 Å². The molecule has 7 heteroatoms. The lowest BCUT2D eigenvalue weighted by atomic mass is 10.2. The molecule has 1 N–H and O–H groups in total. The van der Waals surface area contributed by atoms with Gasteiger partial charge in [-0.05, 0) is 18.2 Å². The Morgan fingerprint density at radius 3 is 2.35 bits per heavy atom. The lowest BCUT2D eigenvalue weighted by molar-refractivity contribution is -0.297. The molecule has 0 unspecified atom stereocenters. The first kappa shape index (κ1) is 12.8. The highest BCUT2D eigenvalue weighted by molar-refractivity contribution is 6.02. The average molecular weight is 244 g/mol. The molecular formula is C10H5F3NO3-. The van der Waals surface area contributed by atoms with Gasteiger partial charge in [-0.2, -0.15) is 0 Å². The van der Waals surface area contributed by atoms with Crippen LogP contribution in [0.1, 0.15) is 0 Å². The molecule has 17 heavy (non-hydrogen) atoms. The zero-order valence-corrected chi connectivity index (χ0v) is 8.17. The Balaban J connectivity index is 2.86. The van der Waals surface area contributed by atoms with Crippen LogP contribution in [0.4, 0.5) is 18.9 Å². The van der Waals surface area contributed by atoms with E-state index in [1.54, 1.807) is 0 Å². The van der Waals surface area contributed by atoms with Crippen molar-refractivity contribution in [3.05, 3.63) is 41.7 Å². The van der Waals surface area contributed by atoms with Crippen molar-refractivity contribution in [3.8, 4) is 0 Å². The number of aliphatic carboxylic acids is 1. The molecule has 0 bridgehead atoms. The zero-order chi connectivity index (χ0) is 13.0. The predicted molar refractivity (Wildman–Crippen MR) is 49.1 cm³/mol. The third-order valence-electron chi connectivity index (χ3n) is 1.66. The van der Waals surface area contributed by atoms with E-state index in [0.717, 1.165) is 6.07 Å². The number of rotatable bonds is 3. The maximum atomic E-state index is 13.0. The van der Waals surface area contributed by atoms with Gasteiger partial charge >= 0.3 is 0 Å². The molecule has 0 radical (unpaired) electrons. The summed E-state index contributed by atoms with van der Waals surface area (Å²) in [6.45, 7) is 0. The van der Waals surface area contributed by atoms with E-state index in [2.05, 4.69) is 0 Å². The van der Waals surface area contributed by atoms with Crippen molar-refractivity contribution in [1.29, 1.82) is 0 Å². The van der Waals surface area contributed by atoms with Gasteiger partial charge in [-0.1, -0.05) is 0 Å². The number of carbonyl (C=O) groups excluding carboxylic acids is 2. The lowest BCUT2D eigenvalue weighted by Gasteiger charge is -2.04. The van der Waals surface area contributed by atoms with Crippen LogP contribution in [0.5, 0.6) is 0 Å².